The number of nitrogens with zero attached hydrogens (tertiary/aromatic N) is 2. The number of aromatic nitrogens is 4. The van der Waals surface area contributed by atoms with E-state index in [9.17, 15) is 9.59 Å². The summed E-state index contributed by atoms with van der Waals surface area (Å²) in [6.45, 7) is 0. The lowest BCUT2D eigenvalue weighted by Crippen LogP contribution is -2.14. The number of nitrogen functional groups attached to an aromatic ring is 4. The van der Waals surface area contributed by atoms with Crippen LogP contribution in [-0.2, 0) is 10.4 Å². The van der Waals surface area contributed by atoms with Gasteiger partial charge in [-0.25, -0.2) is 9.97 Å². The molecule has 0 aliphatic rings. The number of nitrogens with two attached hydrogens (primary N) is 4. The predicted molar refractivity (Wildman–Crippen MR) is 81.5 cm³/mol. The summed E-state index contributed by atoms with van der Waals surface area (Å²) in [5, 5.41) is 0. The van der Waals surface area contributed by atoms with E-state index < -0.39 is 21.5 Å². The summed E-state index contributed by atoms with van der Waals surface area (Å²) in [7, 11) is -4.67. The fraction of sp³-hybridized carbons (Fsp3) is 0. The molecule has 23 heavy (non-hydrogen) atoms. The van der Waals surface area contributed by atoms with Gasteiger partial charge in [0.1, 0.15) is 11.4 Å². The molecule has 0 aliphatic carbocycles. The molecule has 0 unspecified atom stereocenters. The minimum Gasteiger partial charge on any atom is -0.391 e. The van der Waals surface area contributed by atoms with Crippen LogP contribution in [0.5, 0.6) is 0 Å². The summed E-state index contributed by atoms with van der Waals surface area (Å²) in [5.74, 6) is 0.137. The molecule has 0 fully saturated rings. The maximum atomic E-state index is 10.5. The first-order valence-corrected chi connectivity index (χ1v) is 6.70. The van der Waals surface area contributed by atoms with Crippen LogP contribution in [0, 0.1) is 0 Å². The van der Waals surface area contributed by atoms with E-state index in [0.717, 1.165) is 0 Å². The first-order chi connectivity index (χ1) is 10.4. The number of hydrogen-bond donors (Lipinski definition) is 8. The number of anilines is 4. The highest BCUT2D eigenvalue weighted by molar-refractivity contribution is 7.79. The maximum Gasteiger partial charge on any atom is 0.394 e. The molecule has 128 valence electrons. The van der Waals surface area contributed by atoms with Gasteiger partial charge in [0.2, 0.25) is 0 Å². The second-order valence-electron chi connectivity index (χ2n) is 3.51. The number of nitrogens with one attached hydrogen (secondary N) is 2. The minimum atomic E-state index is -4.67. The Balaban J connectivity index is 0.000000332. The molecule has 0 amide bonds. The Morgan fingerprint density at radius 2 is 1.09 bits per heavy atom. The van der Waals surface area contributed by atoms with Gasteiger partial charge in [0, 0.05) is 0 Å². The molecule has 2 rings (SSSR count). The van der Waals surface area contributed by atoms with Gasteiger partial charge in [-0.05, 0) is 0 Å². The Bertz CT molecular complexity index is 794. The quantitative estimate of drug-likeness (QED) is 0.224. The second kappa shape index (κ2) is 8.32. The highest BCUT2D eigenvalue weighted by Crippen LogP contribution is 1.98. The van der Waals surface area contributed by atoms with Gasteiger partial charge < -0.3 is 32.9 Å². The van der Waals surface area contributed by atoms with Crippen molar-refractivity contribution in [3.8, 4) is 0 Å². The lowest BCUT2D eigenvalue weighted by molar-refractivity contribution is 0.381. The van der Waals surface area contributed by atoms with Crippen molar-refractivity contribution in [1.29, 1.82) is 0 Å². The third-order valence-corrected chi connectivity index (χ3v) is 1.84. The summed E-state index contributed by atoms with van der Waals surface area (Å²) in [5.41, 5.74) is 19.8. The molecule has 2 heterocycles. The van der Waals surface area contributed by atoms with E-state index in [-0.39, 0.29) is 23.0 Å². The molecule has 2 aromatic rings. The van der Waals surface area contributed by atoms with Crippen molar-refractivity contribution in [1.82, 2.24) is 19.9 Å². The summed E-state index contributed by atoms with van der Waals surface area (Å²) in [6.07, 6.45) is 2.40. The summed E-state index contributed by atoms with van der Waals surface area (Å²) in [4.78, 5) is 32.7. The molecule has 0 aliphatic heterocycles. The van der Waals surface area contributed by atoms with Gasteiger partial charge in [0.05, 0.1) is 12.7 Å². The smallest absolute Gasteiger partial charge is 0.391 e. The molecule has 14 nitrogen and oxygen atoms in total. The van der Waals surface area contributed by atoms with E-state index in [2.05, 4.69) is 19.9 Å². The molecule has 0 bridgehead atoms. The average Bonchev–Trinajstić information content (AvgIpc) is 2.41. The van der Waals surface area contributed by atoms with Crippen molar-refractivity contribution in [3.05, 3.63) is 33.4 Å². The van der Waals surface area contributed by atoms with Crippen LogP contribution in [0.25, 0.3) is 0 Å². The molecule has 0 saturated heterocycles. The van der Waals surface area contributed by atoms with Crippen LogP contribution in [0.1, 0.15) is 0 Å². The normalized spacial score (nSPS) is 9.83. The Morgan fingerprint density at radius 1 is 0.826 bits per heavy atom. The van der Waals surface area contributed by atoms with Crippen molar-refractivity contribution < 1.29 is 17.5 Å². The SMILES string of the molecule is Nc1nc[nH]c(=O)c1N.Nc1nc[nH]c(=O)c1N.O=S(=O)(O)O. The van der Waals surface area contributed by atoms with Gasteiger partial charge in [0.15, 0.2) is 11.6 Å². The lowest BCUT2D eigenvalue weighted by atomic mass is 10.5. The van der Waals surface area contributed by atoms with Crippen LogP contribution in [0.3, 0.4) is 0 Å². The Labute approximate surface area is 128 Å². The van der Waals surface area contributed by atoms with Gasteiger partial charge in [-0.15, -0.1) is 0 Å². The molecule has 0 spiro atoms. The molecule has 0 radical (unpaired) electrons. The fourth-order valence-corrected chi connectivity index (χ4v) is 0.848. The van der Waals surface area contributed by atoms with Gasteiger partial charge in [-0.2, -0.15) is 8.42 Å². The maximum absolute atomic E-state index is 10.5. The van der Waals surface area contributed by atoms with Crippen LogP contribution in [-0.4, -0.2) is 37.5 Å². The molecular weight excluding hydrogens is 336 g/mol. The van der Waals surface area contributed by atoms with Crippen LogP contribution in [0.15, 0.2) is 22.2 Å². The van der Waals surface area contributed by atoms with Gasteiger partial charge >= 0.3 is 10.4 Å². The van der Waals surface area contributed by atoms with Crippen LogP contribution in [0.4, 0.5) is 23.0 Å². The zero-order chi connectivity index (χ0) is 18.2. The molecular formula is C8H14N8O6S. The Kier molecular flexibility index (Phi) is 7.17. The van der Waals surface area contributed by atoms with Crippen molar-refractivity contribution in [2.24, 2.45) is 0 Å². The molecule has 2 aromatic heterocycles. The van der Waals surface area contributed by atoms with Crippen LogP contribution < -0.4 is 34.1 Å². The van der Waals surface area contributed by atoms with E-state index in [1.54, 1.807) is 0 Å². The third kappa shape index (κ3) is 8.65. The van der Waals surface area contributed by atoms with E-state index in [0.29, 0.717) is 0 Å². The summed E-state index contributed by atoms with van der Waals surface area (Å²) < 4.78 is 31.6. The minimum absolute atomic E-state index is 0.0301. The summed E-state index contributed by atoms with van der Waals surface area (Å²) >= 11 is 0. The number of rotatable bonds is 0. The molecule has 0 aromatic carbocycles. The topological polar surface area (TPSA) is 270 Å². The summed E-state index contributed by atoms with van der Waals surface area (Å²) in [6, 6.07) is 0. The third-order valence-electron chi connectivity index (χ3n) is 1.84. The first kappa shape index (κ1) is 19.8. The van der Waals surface area contributed by atoms with Crippen molar-refractivity contribution in [2.45, 2.75) is 0 Å². The van der Waals surface area contributed by atoms with Crippen molar-refractivity contribution >= 4 is 33.4 Å². The van der Waals surface area contributed by atoms with Gasteiger partial charge in [-0.3, -0.25) is 18.7 Å². The standard InChI is InChI=1S/2C4H6N4O.H2O4S/c2*5-2-3(6)7-1-8-4(2)9;1-5(2,3)4/h2*1H,5H2,(H3,6,7,8,9);(H2,1,2,3,4). The largest absolute Gasteiger partial charge is 0.394 e. The highest BCUT2D eigenvalue weighted by atomic mass is 32.3. The zero-order valence-corrected chi connectivity index (χ0v) is 12.1. The number of aromatic amines is 2. The van der Waals surface area contributed by atoms with E-state index in [1.165, 1.54) is 12.7 Å². The first-order valence-electron chi connectivity index (χ1n) is 5.30. The zero-order valence-electron chi connectivity index (χ0n) is 11.3. The lowest BCUT2D eigenvalue weighted by Gasteiger charge is -1.92. The molecule has 12 N–H and O–H groups in total. The predicted octanol–water partition coefficient (Wildman–Crippen LogP) is -2.78. The van der Waals surface area contributed by atoms with E-state index in [1.807, 2.05) is 0 Å². The Hall–Kier alpha value is -3.17. The van der Waals surface area contributed by atoms with E-state index in [4.69, 9.17) is 40.5 Å². The van der Waals surface area contributed by atoms with Gasteiger partial charge in [-0.1, -0.05) is 0 Å². The van der Waals surface area contributed by atoms with Crippen molar-refractivity contribution in [2.75, 3.05) is 22.9 Å². The van der Waals surface area contributed by atoms with E-state index >= 15 is 0 Å². The number of hydrogen-bond acceptors (Lipinski definition) is 10. The molecule has 0 saturated carbocycles. The second-order valence-corrected chi connectivity index (χ2v) is 4.40. The monoisotopic (exact) mass is 350 g/mol. The van der Waals surface area contributed by atoms with Crippen molar-refractivity contribution in [3.63, 3.8) is 0 Å². The fourth-order valence-electron chi connectivity index (χ4n) is 0.848. The number of H-pyrrole nitrogens is 2. The van der Waals surface area contributed by atoms with Gasteiger partial charge in [0.25, 0.3) is 11.1 Å². The molecule has 0 atom stereocenters. The average molecular weight is 350 g/mol. The molecule has 15 heteroatoms. The van der Waals surface area contributed by atoms with Crippen LogP contribution in [0.2, 0.25) is 0 Å². The van der Waals surface area contributed by atoms with Crippen LogP contribution >= 0.6 is 0 Å². The Morgan fingerprint density at radius 3 is 1.26 bits per heavy atom. The highest BCUT2D eigenvalue weighted by Gasteiger charge is 1.96.